The lowest BCUT2D eigenvalue weighted by molar-refractivity contribution is -0.165. The van der Waals surface area contributed by atoms with E-state index in [4.69, 9.17) is 0 Å². The van der Waals surface area contributed by atoms with Gasteiger partial charge in [-0.25, -0.2) is 0 Å². The predicted molar refractivity (Wildman–Crippen MR) is 60.7 cm³/mol. The second-order valence-corrected chi connectivity index (χ2v) is 5.97. The van der Waals surface area contributed by atoms with Gasteiger partial charge in [-0.1, -0.05) is 0 Å². The molecule has 3 saturated carbocycles. The SMILES string of the molecule is Cc1ccsc1CNC(=O)C12CC(C1)C2. The van der Waals surface area contributed by atoms with Crippen LogP contribution in [0.1, 0.15) is 29.7 Å². The highest BCUT2D eigenvalue weighted by atomic mass is 32.1. The Morgan fingerprint density at radius 1 is 1.60 bits per heavy atom. The maximum Gasteiger partial charge on any atom is 0.226 e. The molecule has 3 heteroatoms. The summed E-state index contributed by atoms with van der Waals surface area (Å²) in [6.45, 7) is 2.81. The van der Waals surface area contributed by atoms with Crippen LogP contribution in [-0.4, -0.2) is 5.91 Å². The smallest absolute Gasteiger partial charge is 0.226 e. The molecule has 1 heterocycles. The van der Waals surface area contributed by atoms with Crippen LogP contribution >= 0.6 is 11.3 Å². The van der Waals surface area contributed by atoms with Crippen LogP contribution in [-0.2, 0) is 11.3 Å². The van der Waals surface area contributed by atoms with E-state index < -0.39 is 0 Å². The van der Waals surface area contributed by atoms with Crippen molar-refractivity contribution >= 4 is 17.2 Å². The van der Waals surface area contributed by atoms with Gasteiger partial charge in [0.2, 0.25) is 5.91 Å². The third-order valence-corrected chi connectivity index (χ3v) is 4.92. The maximum absolute atomic E-state index is 11.9. The second kappa shape index (κ2) is 3.08. The van der Waals surface area contributed by atoms with E-state index in [1.54, 1.807) is 11.3 Å². The molecule has 1 amide bonds. The van der Waals surface area contributed by atoms with E-state index in [0.717, 1.165) is 31.7 Å². The third-order valence-electron chi connectivity index (χ3n) is 3.90. The van der Waals surface area contributed by atoms with Gasteiger partial charge in [0, 0.05) is 10.3 Å². The van der Waals surface area contributed by atoms with Gasteiger partial charge in [-0.15, -0.1) is 11.3 Å². The first-order chi connectivity index (χ1) is 7.20. The summed E-state index contributed by atoms with van der Waals surface area (Å²) in [5, 5.41) is 5.16. The number of nitrogens with one attached hydrogen (secondary N) is 1. The van der Waals surface area contributed by atoms with Gasteiger partial charge in [0.1, 0.15) is 0 Å². The van der Waals surface area contributed by atoms with Gasteiger partial charge in [0.25, 0.3) is 0 Å². The zero-order valence-electron chi connectivity index (χ0n) is 8.88. The number of aryl methyl sites for hydroxylation is 1. The Morgan fingerprint density at radius 2 is 2.33 bits per heavy atom. The zero-order valence-corrected chi connectivity index (χ0v) is 9.69. The quantitative estimate of drug-likeness (QED) is 0.834. The molecule has 2 bridgehead atoms. The molecule has 4 rings (SSSR count). The highest BCUT2D eigenvalue weighted by Crippen LogP contribution is 2.64. The van der Waals surface area contributed by atoms with Crippen LogP contribution in [0.15, 0.2) is 11.4 Å². The van der Waals surface area contributed by atoms with Crippen molar-refractivity contribution in [3.05, 3.63) is 21.9 Å². The number of hydrogen-bond acceptors (Lipinski definition) is 2. The molecule has 1 aromatic rings. The average molecular weight is 221 g/mol. The lowest BCUT2D eigenvalue weighted by atomic mass is 9.44. The Balaban J connectivity index is 1.58. The normalized spacial score (nSPS) is 31.7. The first-order valence-electron chi connectivity index (χ1n) is 5.51. The van der Waals surface area contributed by atoms with Crippen LogP contribution < -0.4 is 5.32 Å². The lowest BCUT2D eigenvalue weighted by Gasteiger charge is -2.60. The fraction of sp³-hybridized carbons (Fsp3) is 0.583. The number of carbonyl (C=O) groups excluding carboxylic acids is 1. The molecule has 0 saturated heterocycles. The van der Waals surface area contributed by atoms with E-state index in [9.17, 15) is 4.79 Å². The summed E-state index contributed by atoms with van der Waals surface area (Å²) in [5.74, 6) is 1.16. The molecule has 3 aliphatic carbocycles. The molecule has 0 aromatic carbocycles. The lowest BCUT2D eigenvalue weighted by Crippen LogP contribution is -2.60. The van der Waals surface area contributed by atoms with Gasteiger partial charge in [-0.2, -0.15) is 0 Å². The Morgan fingerprint density at radius 3 is 2.80 bits per heavy atom. The Labute approximate surface area is 93.7 Å². The van der Waals surface area contributed by atoms with E-state index in [-0.39, 0.29) is 11.3 Å². The van der Waals surface area contributed by atoms with Crippen molar-refractivity contribution < 1.29 is 4.79 Å². The molecule has 3 aliphatic rings. The molecular weight excluding hydrogens is 206 g/mol. The minimum absolute atomic E-state index is 0.0653. The van der Waals surface area contributed by atoms with Crippen LogP contribution in [0, 0.1) is 18.3 Å². The van der Waals surface area contributed by atoms with Crippen molar-refractivity contribution in [2.45, 2.75) is 32.7 Å². The van der Waals surface area contributed by atoms with E-state index in [1.165, 1.54) is 10.4 Å². The monoisotopic (exact) mass is 221 g/mol. The minimum Gasteiger partial charge on any atom is -0.351 e. The highest BCUT2D eigenvalue weighted by molar-refractivity contribution is 7.10. The zero-order chi connectivity index (χ0) is 10.5. The summed E-state index contributed by atoms with van der Waals surface area (Å²) in [5.41, 5.74) is 1.36. The molecule has 0 spiro atoms. The molecule has 2 nitrogen and oxygen atoms in total. The van der Waals surface area contributed by atoms with Crippen molar-refractivity contribution in [2.75, 3.05) is 0 Å². The molecule has 80 valence electrons. The molecular formula is C12H15NOS. The largest absolute Gasteiger partial charge is 0.351 e. The fourth-order valence-electron chi connectivity index (χ4n) is 2.69. The Bertz CT molecular complexity index is 392. The van der Waals surface area contributed by atoms with Crippen molar-refractivity contribution in [1.82, 2.24) is 5.32 Å². The predicted octanol–water partition coefficient (Wildman–Crippen LogP) is 2.47. The standard InChI is InChI=1S/C12H15NOS/c1-8-2-3-15-10(8)7-13-11(14)12-4-9(5-12)6-12/h2-3,9H,4-7H2,1H3,(H,13,14). The van der Waals surface area contributed by atoms with E-state index in [1.807, 2.05) is 0 Å². The van der Waals surface area contributed by atoms with Crippen molar-refractivity contribution in [3.8, 4) is 0 Å². The number of carbonyl (C=O) groups is 1. The van der Waals surface area contributed by atoms with E-state index in [2.05, 4.69) is 23.7 Å². The first kappa shape index (κ1) is 9.40. The number of rotatable bonds is 3. The highest BCUT2D eigenvalue weighted by Gasteiger charge is 2.61. The maximum atomic E-state index is 11.9. The molecule has 1 N–H and O–H groups in total. The summed E-state index contributed by atoms with van der Waals surface area (Å²) < 4.78 is 0. The Hall–Kier alpha value is -0.830. The van der Waals surface area contributed by atoms with Crippen LogP contribution in [0.2, 0.25) is 0 Å². The van der Waals surface area contributed by atoms with Crippen LogP contribution in [0.3, 0.4) is 0 Å². The first-order valence-corrected chi connectivity index (χ1v) is 6.39. The summed E-state index contributed by atoms with van der Waals surface area (Å²) in [4.78, 5) is 13.2. The van der Waals surface area contributed by atoms with E-state index in [0.29, 0.717) is 0 Å². The van der Waals surface area contributed by atoms with Crippen LogP contribution in [0.4, 0.5) is 0 Å². The second-order valence-electron chi connectivity index (χ2n) is 4.97. The summed E-state index contributed by atoms with van der Waals surface area (Å²) >= 11 is 1.73. The van der Waals surface area contributed by atoms with Gasteiger partial charge in [0.05, 0.1) is 6.54 Å². The number of hydrogen-bond donors (Lipinski definition) is 1. The molecule has 0 atom stereocenters. The summed E-state index contributed by atoms with van der Waals surface area (Å²) in [7, 11) is 0. The molecule has 0 unspecified atom stereocenters. The van der Waals surface area contributed by atoms with E-state index >= 15 is 0 Å². The fourth-order valence-corrected chi connectivity index (χ4v) is 3.54. The van der Waals surface area contributed by atoms with Crippen molar-refractivity contribution in [1.29, 1.82) is 0 Å². The van der Waals surface area contributed by atoms with Gasteiger partial charge < -0.3 is 5.32 Å². The van der Waals surface area contributed by atoms with Crippen molar-refractivity contribution in [2.24, 2.45) is 11.3 Å². The molecule has 0 aliphatic heterocycles. The van der Waals surface area contributed by atoms with Gasteiger partial charge in [-0.3, -0.25) is 4.79 Å². The number of thiophene rings is 1. The van der Waals surface area contributed by atoms with Gasteiger partial charge in [0.15, 0.2) is 0 Å². The van der Waals surface area contributed by atoms with Crippen LogP contribution in [0.25, 0.3) is 0 Å². The molecule has 3 fully saturated rings. The molecule has 15 heavy (non-hydrogen) atoms. The summed E-state index contributed by atoms with van der Waals surface area (Å²) in [6, 6.07) is 2.10. The van der Waals surface area contributed by atoms with Crippen LogP contribution in [0.5, 0.6) is 0 Å². The van der Waals surface area contributed by atoms with Gasteiger partial charge in [-0.05, 0) is 49.1 Å². The van der Waals surface area contributed by atoms with Crippen molar-refractivity contribution in [3.63, 3.8) is 0 Å². The average Bonchev–Trinajstić information content (AvgIpc) is 2.42. The molecule has 1 aromatic heterocycles. The van der Waals surface area contributed by atoms with Gasteiger partial charge >= 0.3 is 0 Å². The topological polar surface area (TPSA) is 29.1 Å². The Kier molecular flexibility index (Phi) is 1.93. The third kappa shape index (κ3) is 1.33. The summed E-state index contributed by atoms with van der Waals surface area (Å²) in [6.07, 6.45) is 3.42. The molecule has 0 radical (unpaired) electrons. The minimum atomic E-state index is 0.0653. The number of amides is 1.